The molecule has 0 atom stereocenters. The summed E-state index contributed by atoms with van der Waals surface area (Å²) < 4.78 is 5.73. The van der Waals surface area contributed by atoms with Gasteiger partial charge in [0.15, 0.2) is 0 Å². The Morgan fingerprint density at radius 1 is 1.38 bits per heavy atom. The van der Waals surface area contributed by atoms with Gasteiger partial charge in [-0.1, -0.05) is 19.9 Å². The summed E-state index contributed by atoms with van der Waals surface area (Å²) in [7, 11) is 0. The smallest absolute Gasteiger partial charge is 0.118 e. The zero-order chi connectivity index (χ0) is 11.8. The van der Waals surface area contributed by atoms with E-state index in [1.165, 1.54) is 0 Å². The Morgan fingerprint density at radius 3 is 2.75 bits per heavy atom. The van der Waals surface area contributed by atoms with E-state index in [0.717, 1.165) is 44.2 Å². The lowest BCUT2D eigenvalue weighted by atomic mass is 10.3. The van der Waals surface area contributed by atoms with Crippen molar-refractivity contribution >= 4 is 0 Å². The predicted octanol–water partition coefficient (Wildman–Crippen LogP) is 2.40. The van der Waals surface area contributed by atoms with Crippen LogP contribution in [-0.2, 0) is 13.1 Å². The predicted molar refractivity (Wildman–Crippen MR) is 67.2 cm³/mol. The molecule has 1 aromatic rings. The molecule has 0 saturated carbocycles. The van der Waals surface area contributed by atoms with Crippen molar-refractivity contribution in [2.45, 2.75) is 26.9 Å². The van der Waals surface area contributed by atoms with Crippen LogP contribution < -0.4 is 5.32 Å². The molecule has 0 bridgehead atoms. The first-order valence-electron chi connectivity index (χ1n) is 5.91. The number of likely N-dealkylation sites (N-methyl/N-ethyl adjacent to an activating group) is 1. The van der Waals surface area contributed by atoms with Crippen molar-refractivity contribution in [3.8, 4) is 0 Å². The summed E-state index contributed by atoms with van der Waals surface area (Å²) in [5.74, 6) is 2.03. The Labute approximate surface area is 98.1 Å². The van der Waals surface area contributed by atoms with Gasteiger partial charge in [0.1, 0.15) is 11.5 Å². The van der Waals surface area contributed by atoms with E-state index in [-0.39, 0.29) is 0 Å². The number of nitrogens with zero attached hydrogens (tertiary/aromatic N) is 1. The fourth-order valence-corrected chi connectivity index (χ4v) is 1.56. The molecule has 0 fully saturated rings. The summed E-state index contributed by atoms with van der Waals surface area (Å²) in [6.07, 6.45) is 1.92. The number of rotatable bonds is 8. The van der Waals surface area contributed by atoms with E-state index in [1.54, 1.807) is 0 Å². The molecular weight excluding hydrogens is 200 g/mol. The Kier molecular flexibility index (Phi) is 5.90. The molecule has 0 radical (unpaired) electrons. The van der Waals surface area contributed by atoms with E-state index in [1.807, 2.05) is 12.1 Å². The van der Waals surface area contributed by atoms with Crippen molar-refractivity contribution in [2.75, 3.05) is 19.6 Å². The van der Waals surface area contributed by atoms with Crippen molar-refractivity contribution in [2.24, 2.45) is 0 Å². The van der Waals surface area contributed by atoms with Gasteiger partial charge in [0.2, 0.25) is 0 Å². The van der Waals surface area contributed by atoms with Gasteiger partial charge in [0.25, 0.3) is 0 Å². The highest BCUT2D eigenvalue weighted by atomic mass is 16.3. The zero-order valence-corrected chi connectivity index (χ0v) is 10.3. The van der Waals surface area contributed by atoms with Crippen LogP contribution in [0.25, 0.3) is 0 Å². The van der Waals surface area contributed by atoms with Crippen LogP contribution in [0.2, 0.25) is 0 Å². The molecule has 90 valence electrons. The molecule has 3 heteroatoms. The molecule has 3 nitrogen and oxygen atoms in total. The third-order valence-corrected chi connectivity index (χ3v) is 2.48. The molecule has 0 aliphatic carbocycles. The van der Waals surface area contributed by atoms with Crippen molar-refractivity contribution < 1.29 is 4.42 Å². The first-order valence-corrected chi connectivity index (χ1v) is 5.91. The first-order chi connectivity index (χ1) is 7.80. The highest BCUT2D eigenvalue weighted by Gasteiger charge is 2.06. The molecular formula is C13H22N2O. The molecule has 0 amide bonds. The quantitative estimate of drug-likeness (QED) is 0.685. The normalized spacial score (nSPS) is 10.9. The summed E-state index contributed by atoms with van der Waals surface area (Å²) in [5, 5.41) is 3.25. The van der Waals surface area contributed by atoms with Gasteiger partial charge in [-0.2, -0.15) is 0 Å². The minimum absolute atomic E-state index is 0.810. The van der Waals surface area contributed by atoms with Gasteiger partial charge in [-0.25, -0.2) is 0 Å². The van der Waals surface area contributed by atoms with E-state index in [4.69, 9.17) is 4.42 Å². The molecule has 0 saturated heterocycles. The molecule has 0 aromatic carbocycles. The van der Waals surface area contributed by atoms with Crippen molar-refractivity contribution in [1.29, 1.82) is 0 Å². The number of furan rings is 1. The Bertz CT molecular complexity index is 307. The van der Waals surface area contributed by atoms with E-state index in [2.05, 4.69) is 36.7 Å². The van der Waals surface area contributed by atoms with Gasteiger partial charge in [-0.05, 0) is 25.2 Å². The number of nitrogens with one attached hydrogen (secondary N) is 1. The Balaban J connectivity index is 2.46. The molecule has 1 N–H and O–H groups in total. The minimum atomic E-state index is 0.810. The van der Waals surface area contributed by atoms with Crippen LogP contribution in [0.3, 0.4) is 0 Å². The van der Waals surface area contributed by atoms with E-state index >= 15 is 0 Å². The number of hydrogen-bond acceptors (Lipinski definition) is 3. The van der Waals surface area contributed by atoms with E-state index < -0.39 is 0 Å². The van der Waals surface area contributed by atoms with Gasteiger partial charge < -0.3 is 9.73 Å². The standard InChI is InChI=1S/C13H22N2O/c1-4-9-15(6-3)11-13-8-7-12(16-13)10-14-5-2/h4,7-8,14H,1,5-6,9-11H2,2-3H3. The van der Waals surface area contributed by atoms with Gasteiger partial charge in [-0.3, -0.25) is 4.90 Å². The van der Waals surface area contributed by atoms with Crippen LogP contribution in [0, 0.1) is 0 Å². The highest BCUT2D eigenvalue weighted by molar-refractivity contribution is 5.07. The lowest BCUT2D eigenvalue weighted by Crippen LogP contribution is -2.22. The van der Waals surface area contributed by atoms with Crippen LogP contribution in [0.15, 0.2) is 29.2 Å². The van der Waals surface area contributed by atoms with Crippen LogP contribution in [-0.4, -0.2) is 24.5 Å². The van der Waals surface area contributed by atoms with Crippen molar-refractivity contribution in [3.63, 3.8) is 0 Å². The molecule has 16 heavy (non-hydrogen) atoms. The van der Waals surface area contributed by atoms with Crippen LogP contribution in [0.1, 0.15) is 25.4 Å². The minimum Gasteiger partial charge on any atom is -0.463 e. The van der Waals surface area contributed by atoms with Crippen LogP contribution >= 0.6 is 0 Å². The van der Waals surface area contributed by atoms with Crippen LogP contribution in [0.4, 0.5) is 0 Å². The van der Waals surface area contributed by atoms with Crippen molar-refractivity contribution in [3.05, 3.63) is 36.3 Å². The second-order valence-electron chi connectivity index (χ2n) is 3.76. The maximum atomic E-state index is 5.73. The average molecular weight is 222 g/mol. The molecule has 0 unspecified atom stereocenters. The van der Waals surface area contributed by atoms with Gasteiger partial charge in [0.05, 0.1) is 13.1 Å². The summed E-state index contributed by atoms with van der Waals surface area (Å²) in [5.41, 5.74) is 0. The third-order valence-electron chi connectivity index (χ3n) is 2.48. The second-order valence-corrected chi connectivity index (χ2v) is 3.76. The van der Waals surface area contributed by atoms with Gasteiger partial charge in [-0.15, -0.1) is 6.58 Å². The maximum Gasteiger partial charge on any atom is 0.118 e. The Morgan fingerprint density at radius 2 is 2.12 bits per heavy atom. The second kappa shape index (κ2) is 7.25. The summed E-state index contributed by atoms with van der Waals surface area (Å²) in [6, 6.07) is 4.10. The van der Waals surface area contributed by atoms with Gasteiger partial charge >= 0.3 is 0 Å². The van der Waals surface area contributed by atoms with Gasteiger partial charge in [0, 0.05) is 6.54 Å². The molecule has 1 aromatic heterocycles. The summed E-state index contributed by atoms with van der Waals surface area (Å²) >= 11 is 0. The topological polar surface area (TPSA) is 28.4 Å². The molecule has 0 spiro atoms. The molecule has 0 aliphatic rings. The maximum absolute atomic E-state index is 5.73. The lowest BCUT2D eigenvalue weighted by Gasteiger charge is -2.16. The highest BCUT2D eigenvalue weighted by Crippen LogP contribution is 2.10. The zero-order valence-electron chi connectivity index (χ0n) is 10.3. The fourth-order valence-electron chi connectivity index (χ4n) is 1.56. The van der Waals surface area contributed by atoms with E-state index in [0.29, 0.717) is 0 Å². The monoisotopic (exact) mass is 222 g/mol. The Hall–Kier alpha value is -1.06. The molecule has 1 rings (SSSR count). The SMILES string of the molecule is C=CCN(CC)Cc1ccc(CNCC)o1. The summed E-state index contributed by atoms with van der Waals surface area (Å²) in [6.45, 7) is 12.5. The first kappa shape index (κ1) is 13.0. The summed E-state index contributed by atoms with van der Waals surface area (Å²) in [4.78, 5) is 2.28. The van der Waals surface area contributed by atoms with Crippen molar-refractivity contribution in [1.82, 2.24) is 10.2 Å². The molecule has 1 heterocycles. The van der Waals surface area contributed by atoms with Crippen LogP contribution in [0.5, 0.6) is 0 Å². The fraction of sp³-hybridized carbons (Fsp3) is 0.538. The lowest BCUT2D eigenvalue weighted by molar-refractivity contribution is 0.277. The molecule has 0 aliphatic heterocycles. The number of hydrogen-bond donors (Lipinski definition) is 1. The third kappa shape index (κ3) is 4.21. The van der Waals surface area contributed by atoms with E-state index in [9.17, 15) is 0 Å². The largest absolute Gasteiger partial charge is 0.463 e. The average Bonchev–Trinajstić information content (AvgIpc) is 2.73.